The molecule has 0 aromatic heterocycles. The van der Waals surface area contributed by atoms with E-state index in [1.807, 2.05) is 12.2 Å². The number of allylic oxidation sites excluding steroid dienone is 3. The molecule has 3 rings (SSSR count). The number of ether oxygens (including phenoxy) is 3. The molecule has 4 unspecified atom stereocenters. The lowest BCUT2D eigenvalue weighted by Crippen LogP contribution is -2.30. The fourth-order valence-electron chi connectivity index (χ4n) is 3.46. The molecule has 3 aliphatic rings. The summed E-state index contributed by atoms with van der Waals surface area (Å²) in [6.07, 6.45) is 15.0. The number of carbonyl (C=O) groups excluding carboxylic acids is 2. The number of hydrogen-bond donors (Lipinski definition) is 0. The van der Waals surface area contributed by atoms with Crippen molar-refractivity contribution >= 4 is 11.9 Å². The largest absolute Gasteiger partial charge is 0.465 e. The van der Waals surface area contributed by atoms with Crippen LogP contribution in [-0.4, -0.2) is 37.9 Å². The lowest BCUT2D eigenvalue weighted by molar-refractivity contribution is -0.151. The summed E-state index contributed by atoms with van der Waals surface area (Å²) in [6.45, 7) is 3.79. The third kappa shape index (κ3) is 7.13. The van der Waals surface area contributed by atoms with Gasteiger partial charge in [-0.3, -0.25) is 9.59 Å². The molecular formula is C22H32O5. The SMILES string of the molecule is CCCCC1C=CC(/C=C/CC(=O)OCC2CC2)CC1C(=O)OCC1CO1. The maximum atomic E-state index is 12.6. The molecule has 1 saturated heterocycles. The Bertz CT molecular complexity index is 559. The van der Waals surface area contributed by atoms with Gasteiger partial charge < -0.3 is 14.2 Å². The predicted octanol–water partition coefficient (Wildman–Crippen LogP) is 3.83. The number of epoxide rings is 1. The minimum absolute atomic E-state index is 0.0968. The molecule has 1 heterocycles. The van der Waals surface area contributed by atoms with Crippen molar-refractivity contribution in [1.29, 1.82) is 0 Å². The van der Waals surface area contributed by atoms with E-state index < -0.39 is 0 Å². The summed E-state index contributed by atoms with van der Waals surface area (Å²) in [4.78, 5) is 24.3. The number of hydrogen-bond acceptors (Lipinski definition) is 5. The third-order valence-electron chi connectivity index (χ3n) is 5.50. The Morgan fingerprint density at radius 2 is 2.00 bits per heavy atom. The molecule has 150 valence electrons. The van der Waals surface area contributed by atoms with Crippen molar-refractivity contribution in [3.63, 3.8) is 0 Å². The monoisotopic (exact) mass is 376 g/mol. The lowest BCUT2D eigenvalue weighted by atomic mass is 9.76. The van der Waals surface area contributed by atoms with Crippen LogP contribution in [0.1, 0.15) is 51.9 Å². The van der Waals surface area contributed by atoms with Crippen LogP contribution in [0, 0.1) is 23.7 Å². The summed E-state index contributed by atoms with van der Waals surface area (Å²) < 4.78 is 15.8. The van der Waals surface area contributed by atoms with Crippen LogP contribution in [0.2, 0.25) is 0 Å². The summed E-state index contributed by atoms with van der Waals surface area (Å²) in [7, 11) is 0. The molecule has 0 N–H and O–H groups in total. The van der Waals surface area contributed by atoms with Crippen LogP contribution in [0.25, 0.3) is 0 Å². The molecular weight excluding hydrogens is 344 g/mol. The van der Waals surface area contributed by atoms with Crippen LogP contribution in [0.15, 0.2) is 24.3 Å². The molecule has 0 aromatic carbocycles. The van der Waals surface area contributed by atoms with Crippen molar-refractivity contribution in [2.45, 2.75) is 58.0 Å². The van der Waals surface area contributed by atoms with E-state index in [9.17, 15) is 9.59 Å². The molecule has 27 heavy (non-hydrogen) atoms. The smallest absolute Gasteiger partial charge is 0.309 e. The van der Waals surface area contributed by atoms with E-state index in [1.54, 1.807) is 0 Å². The van der Waals surface area contributed by atoms with Crippen LogP contribution >= 0.6 is 0 Å². The van der Waals surface area contributed by atoms with Crippen molar-refractivity contribution in [1.82, 2.24) is 0 Å². The zero-order valence-electron chi connectivity index (χ0n) is 16.3. The summed E-state index contributed by atoms with van der Waals surface area (Å²) in [5, 5.41) is 0. The molecule has 0 aromatic rings. The molecule has 0 bridgehead atoms. The Labute approximate surface area is 162 Å². The molecule has 0 amide bonds. The normalized spacial score (nSPS) is 29.7. The van der Waals surface area contributed by atoms with Crippen LogP contribution < -0.4 is 0 Å². The molecule has 2 aliphatic carbocycles. The van der Waals surface area contributed by atoms with Crippen LogP contribution in [0.3, 0.4) is 0 Å². The van der Waals surface area contributed by atoms with Gasteiger partial charge in [0.05, 0.1) is 25.6 Å². The quantitative estimate of drug-likeness (QED) is 0.311. The van der Waals surface area contributed by atoms with E-state index in [4.69, 9.17) is 14.2 Å². The summed E-state index contributed by atoms with van der Waals surface area (Å²) in [5.41, 5.74) is 0. The van der Waals surface area contributed by atoms with Crippen molar-refractivity contribution in [3.05, 3.63) is 24.3 Å². The zero-order valence-corrected chi connectivity index (χ0v) is 16.3. The van der Waals surface area contributed by atoms with Crippen molar-refractivity contribution < 1.29 is 23.8 Å². The molecule has 4 atom stereocenters. The third-order valence-corrected chi connectivity index (χ3v) is 5.50. The Kier molecular flexibility index (Phi) is 7.50. The Hall–Kier alpha value is -1.62. The van der Waals surface area contributed by atoms with Gasteiger partial charge in [-0.1, -0.05) is 44.1 Å². The van der Waals surface area contributed by atoms with Gasteiger partial charge in [0.25, 0.3) is 0 Å². The Morgan fingerprint density at radius 1 is 1.19 bits per heavy atom. The van der Waals surface area contributed by atoms with Gasteiger partial charge in [0.15, 0.2) is 0 Å². The molecule has 5 heteroatoms. The fourth-order valence-corrected chi connectivity index (χ4v) is 3.46. The first-order chi connectivity index (χ1) is 13.2. The minimum Gasteiger partial charge on any atom is -0.465 e. The number of esters is 2. The van der Waals surface area contributed by atoms with E-state index in [0.717, 1.165) is 25.7 Å². The van der Waals surface area contributed by atoms with Crippen LogP contribution in [0.4, 0.5) is 0 Å². The fraction of sp³-hybridized carbons (Fsp3) is 0.727. The first-order valence-electron chi connectivity index (χ1n) is 10.4. The average Bonchev–Trinajstić information content (AvgIpc) is 3.57. The second-order valence-corrected chi connectivity index (χ2v) is 8.04. The maximum absolute atomic E-state index is 12.6. The van der Waals surface area contributed by atoms with Gasteiger partial charge >= 0.3 is 11.9 Å². The molecule has 1 aliphatic heterocycles. The summed E-state index contributed by atoms with van der Waals surface area (Å²) >= 11 is 0. The average molecular weight is 376 g/mol. The van der Waals surface area contributed by atoms with E-state index in [2.05, 4.69) is 19.1 Å². The van der Waals surface area contributed by atoms with Gasteiger partial charge in [-0.25, -0.2) is 0 Å². The van der Waals surface area contributed by atoms with E-state index in [-0.39, 0.29) is 35.8 Å². The Balaban J connectivity index is 1.48. The molecule has 0 radical (unpaired) electrons. The molecule has 0 spiro atoms. The number of rotatable bonds is 11. The highest BCUT2D eigenvalue weighted by molar-refractivity contribution is 5.73. The van der Waals surface area contributed by atoms with Gasteiger partial charge in [-0.05, 0) is 43.4 Å². The van der Waals surface area contributed by atoms with E-state index >= 15 is 0 Å². The van der Waals surface area contributed by atoms with Crippen molar-refractivity contribution in [2.75, 3.05) is 19.8 Å². The van der Waals surface area contributed by atoms with Gasteiger partial charge in [-0.2, -0.15) is 0 Å². The highest BCUT2D eigenvalue weighted by atomic mass is 16.6. The topological polar surface area (TPSA) is 65.1 Å². The highest BCUT2D eigenvalue weighted by Gasteiger charge is 2.34. The predicted molar refractivity (Wildman–Crippen MR) is 102 cm³/mol. The van der Waals surface area contributed by atoms with E-state index in [0.29, 0.717) is 32.2 Å². The molecule has 1 saturated carbocycles. The Morgan fingerprint density at radius 3 is 2.70 bits per heavy atom. The van der Waals surface area contributed by atoms with Gasteiger partial charge in [0.1, 0.15) is 12.7 Å². The van der Waals surface area contributed by atoms with Crippen molar-refractivity contribution in [2.24, 2.45) is 23.7 Å². The van der Waals surface area contributed by atoms with Gasteiger partial charge in [0, 0.05) is 0 Å². The first kappa shape index (κ1) is 20.1. The van der Waals surface area contributed by atoms with Gasteiger partial charge in [0.2, 0.25) is 0 Å². The van der Waals surface area contributed by atoms with Gasteiger partial charge in [-0.15, -0.1) is 0 Å². The summed E-state index contributed by atoms with van der Waals surface area (Å²) in [6, 6.07) is 0. The minimum atomic E-state index is -0.167. The van der Waals surface area contributed by atoms with E-state index in [1.165, 1.54) is 12.8 Å². The first-order valence-corrected chi connectivity index (χ1v) is 10.4. The highest BCUT2D eigenvalue weighted by Crippen LogP contribution is 2.34. The maximum Gasteiger partial charge on any atom is 0.309 e. The second kappa shape index (κ2) is 10.1. The standard InChI is InChI=1S/C22H32O5/c1-2-3-6-18-11-10-16(5-4-7-21(23)26-13-17-8-9-17)12-20(18)22(24)27-15-19-14-25-19/h4-5,10-11,16-20H,2-3,6-9,12-15H2,1H3/b5-4+. The van der Waals surface area contributed by atoms with Crippen LogP contribution in [-0.2, 0) is 23.8 Å². The molecule has 2 fully saturated rings. The van der Waals surface area contributed by atoms with Crippen molar-refractivity contribution in [3.8, 4) is 0 Å². The zero-order chi connectivity index (χ0) is 19.1. The second-order valence-electron chi connectivity index (χ2n) is 8.04. The summed E-state index contributed by atoms with van der Waals surface area (Å²) in [5.74, 6) is 0.598. The molecule has 5 nitrogen and oxygen atoms in total. The number of carbonyl (C=O) groups is 2. The lowest BCUT2D eigenvalue weighted by Gasteiger charge is -2.29. The van der Waals surface area contributed by atoms with Crippen LogP contribution in [0.5, 0.6) is 0 Å². The number of unbranched alkanes of at least 4 members (excludes halogenated alkanes) is 1.